The Morgan fingerprint density at radius 3 is 2.83 bits per heavy atom. The number of thiophene rings is 1. The number of nitro groups is 1. The molecule has 10 heteroatoms. The van der Waals surface area contributed by atoms with Crippen LogP contribution in [-0.4, -0.2) is 35.7 Å². The van der Waals surface area contributed by atoms with E-state index in [4.69, 9.17) is 9.47 Å². The number of ether oxygens (including phenoxy) is 2. The number of para-hydroxylation sites is 1. The average Bonchev–Trinajstić information content (AvgIpc) is 3.30. The minimum absolute atomic E-state index is 0.0272. The van der Waals surface area contributed by atoms with Gasteiger partial charge >= 0.3 is 5.00 Å². The molecular formula is C19H19N3O5S2. The molecule has 0 aliphatic heterocycles. The van der Waals surface area contributed by atoms with Gasteiger partial charge in [-0.05, 0) is 31.2 Å². The summed E-state index contributed by atoms with van der Waals surface area (Å²) in [6, 6.07) is 8.75. The van der Waals surface area contributed by atoms with Gasteiger partial charge in [-0.2, -0.15) is 4.99 Å². The van der Waals surface area contributed by atoms with E-state index in [2.05, 4.69) is 4.99 Å². The highest BCUT2D eigenvalue weighted by atomic mass is 32.1. The van der Waals surface area contributed by atoms with E-state index in [0.717, 1.165) is 27.3 Å². The number of benzene rings is 1. The topological polar surface area (TPSA) is 96.0 Å². The van der Waals surface area contributed by atoms with E-state index < -0.39 is 10.8 Å². The minimum Gasteiger partial charge on any atom is -0.492 e. The van der Waals surface area contributed by atoms with Gasteiger partial charge in [0.2, 0.25) is 0 Å². The Hall–Kier alpha value is -2.82. The number of thiazole rings is 1. The molecule has 1 aromatic carbocycles. The number of methoxy groups -OCH3 is 1. The number of aromatic nitrogens is 1. The smallest absolute Gasteiger partial charge is 0.324 e. The summed E-state index contributed by atoms with van der Waals surface area (Å²) in [4.78, 5) is 28.1. The Morgan fingerprint density at radius 2 is 2.14 bits per heavy atom. The van der Waals surface area contributed by atoms with Gasteiger partial charge in [0, 0.05) is 30.7 Å². The number of nitrogens with zero attached hydrogens (tertiary/aromatic N) is 3. The molecule has 0 spiro atoms. The zero-order chi connectivity index (χ0) is 20.8. The molecule has 0 saturated heterocycles. The first-order valence-electron chi connectivity index (χ1n) is 8.78. The van der Waals surface area contributed by atoms with E-state index in [0.29, 0.717) is 29.4 Å². The molecule has 29 heavy (non-hydrogen) atoms. The van der Waals surface area contributed by atoms with E-state index in [-0.39, 0.29) is 5.00 Å². The molecule has 1 amide bonds. The summed E-state index contributed by atoms with van der Waals surface area (Å²) in [6.07, 6.45) is 2.84. The first-order valence-corrected chi connectivity index (χ1v) is 10.4. The van der Waals surface area contributed by atoms with Gasteiger partial charge in [-0.25, -0.2) is 0 Å². The summed E-state index contributed by atoms with van der Waals surface area (Å²) >= 11 is 2.39. The van der Waals surface area contributed by atoms with Crippen molar-refractivity contribution < 1.29 is 19.2 Å². The Bertz CT molecular complexity index is 1130. The second kappa shape index (κ2) is 9.59. The van der Waals surface area contributed by atoms with Crippen LogP contribution in [-0.2, 0) is 16.1 Å². The first kappa shape index (κ1) is 20.9. The van der Waals surface area contributed by atoms with Gasteiger partial charge in [0.25, 0.3) is 5.91 Å². The third kappa shape index (κ3) is 4.97. The maximum atomic E-state index is 12.4. The molecule has 0 aliphatic carbocycles. The Morgan fingerprint density at radius 1 is 1.31 bits per heavy atom. The Kier molecular flexibility index (Phi) is 6.91. The minimum atomic E-state index is -0.458. The quantitative estimate of drug-likeness (QED) is 0.305. The predicted octanol–water partition coefficient (Wildman–Crippen LogP) is 3.86. The van der Waals surface area contributed by atoms with Gasteiger partial charge < -0.3 is 14.0 Å². The SMILES string of the molecule is CCOc1cccc2sc(=NC(=O)C=Cc3ccc([N+](=O)[O-])s3)n(CCOC)c12. The molecule has 8 nitrogen and oxygen atoms in total. The molecule has 0 radical (unpaired) electrons. The summed E-state index contributed by atoms with van der Waals surface area (Å²) in [5.41, 5.74) is 0.876. The molecule has 0 aliphatic rings. The summed E-state index contributed by atoms with van der Waals surface area (Å²) < 4.78 is 13.8. The monoisotopic (exact) mass is 433 g/mol. The summed E-state index contributed by atoms with van der Waals surface area (Å²) in [7, 11) is 1.61. The maximum absolute atomic E-state index is 12.4. The largest absolute Gasteiger partial charge is 0.492 e. The van der Waals surface area contributed by atoms with Crippen LogP contribution in [0.5, 0.6) is 5.75 Å². The molecule has 0 atom stereocenters. The van der Waals surface area contributed by atoms with Crippen LogP contribution in [0.2, 0.25) is 0 Å². The lowest BCUT2D eigenvalue weighted by atomic mass is 10.3. The van der Waals surface area contributed by atoms with Crippen LogP contribution in [0.3, 0.4) is 0 Å². The summed E-state index contributed by atoms with van der Waals surface area (Å²) in [5, 5.41) is 10.8. The van der Waals surface area contributed by atoms with Gasteiger partial charge in [-0.1, -0.05) is 28.7 Å². The van der Waals surface area contributed by atoms with Crippen LogP contribution in [0.15, 0.2) is 41.4 Å². The van der Waals surface area contributed by atoms with E-state index in [9.17, 15) is 14.9 Å². The summed E-state index contributed by atoms with van der Waals surface area (Å²) in [5.74, 6) is 0.282. The molecule has 0 fully saturated rings. The molecule has 0 N–H and O–H groups in total. The van der Waals surface area contributed by atoms with Crippen molar-refractivity contribution in [2.24, 2.45) is 4.99 Å². The second-order valence-corrected chi connectivity index (χ2v) is 7.88. The van der Waals surface area contributed by atoms with Crippen molar-refractivity contribution in [3.05, 3.63) is 56.2 Å². The van der Waals surface area contributed by atoms with Crippen LogP contribution in [0.1, 0.15) is 11.8 Å². The number of carbonyl (C=O) groups is 1. The van der Waals surface area contributed by atoms with Crippen molar-refractivity contribution in [3.63, 3.8) is 0 Å². The number of hydrogen-bond acceptors (Lipinski definition) is 7. The van der Waals surface area contributed by atoms with Crippen LogP contribution in [0.25, 0.3) is 16.3 Å². The zero-order valence-electron chi connectivity index (χ0n) is 15.9. The van der Waals surface area contributed by atoms with E-state index >= 15 is 0 Å². The highest BCUT2D eigenvalue weighted by molar-refractivity contribution is 7.16. The molecule has 3 rings (SSSR count). The predicted molar refractivity (Wildman–Crippen MR) is 113 cm³/mol. The lowest BCUT2D eigenvalue weighted by Gasteiger charge is -2.09. The fourth-order valence-corrected chi connectivity index (χ4v) is 4.46. The fourth-order valence-electron chi connectivity index (χ4n) is 2.66. The maximum Gasteiger partial charge on any atom is 0.324 e. The molecule has 0 saturated carbocycles. The molecule has 0 bridgehead atoms. The number of carbonyl (C=O) groups excluding carboxylic acids is 1. The molecule has 0 unspecified atom stereocenters. The third-order valence-electron chi connectivity index (χ3n) is 3.87. The number of hydrogen-bond donors (Lipinski definition) is 0. The van der Waals surface area contributed by atoms with Crippen LogP contribution in [0, 0.1) is 10.1 Å². The van der Waals surface area contributed by atoms with Gasteiger partial charge in [0.15, 0.2) is 4.80 Å². The number of amides is 1. The zero-order valence-corrected chi connectivity index (χ0v) is 17.5. The van der Waals surface area contributed by atoms with E-state index in [1.165, 1.54) is 29.6 Å². The lowest BCUT2D eigenvalue weighted by Crippen LogP contribution is -2.19. The molecule has 2 aromatic heterocycles. The van der Waals surface area contributed by atoms with Crippen LogP contribution < -0.4 is 9.54 Å². The van der Waals surface area contributed by atoms with Crippen molar-refractivity contribution >= 4 is 49.9 Å². The summed E-state index contributed by atoms with van der Waals surface area (Å²) in [6.45, 7) is 3.43. The van der Waals surface area contributed by atoms with Gasteiger partial charge in [0.05, 0.1) is 22.8 Å². The highest BCUT2D eigenvalue weighted by Crippen LogP contribution is 2.28. The van der Waals surface area contributed by atoms with Crippen molar-refractivity contribution in [2.75, 3.05) is 20.3 Å². The van der Waals surface area contributed by atoms with Gasteiger partial charge in [-0.15, -0.1) is 0 Å². The van der Waals surface area contributed by atoms with Gasteiger partial charge in [-0.3, -0.25) is 14.9 Å². The molecule has 2 heterocycles. The van der Waals surface area contributed by atoms with E-state index in [1.807, 2.05) is 29.7 Å². The third-order valence-corrected chi connectivity index (χ3v) is 5.92. The standard InChI is InChI=1S/C19H19N3O5S2/c1-3-27-14-5-4-6-15-18(14)21(11-12-26-2)19(29-15)20-16(23)9-7-13-8-10-17(28-13)22(24)25/h4-10H,3,11-12H2,1-2H3. The number of fused-ring (bicyclic) bond motifs is 1. The molecular weight excluding hydrogens is 414 g/mol. The number of rotatable bonds is 8. The van der Waals surface area contributed by atoms with Gasteiger partial charge in [0.1, 0.15) is 11.3 Å². The first-order chi connectivity index (χ1) is 14.0. The second-order valence-electron chi connectivity index (χ2n) is 5.78. The Labute approximate surface area is 174 Å². The Balaban J connectivity index is 1.96. The highest BCUT2D eigenvalue weighted by Gasteiger charge is 2.12. The van der Waals surface area contributed by atoms with E-state index in [1.54, 1.807) is 13.2 Å². The van der Waals surface area contributed by atoms with Crippen molar-refractivity contribution in [3.8, 4) is 5.75 Å². The molecule has 3 aromatic rings. The fraction of sp³-hybridized carbons (Fsp3) is 0.263. The van der Waals surface area contributed by atoms with Crippen molar-refractivity contribution in [1.29, 1.82) is 0 Å². The average molecular weight is 434 g/mol. The van der Waals surface area contributed by atoms with Crippen LogP contribution >= 0.6 is 22.7 Å². The van der Waals surface area contributed by atoms with Crippen molar-refractivity contribution in [1.82, 2.24) is 4.57 Å². The molecule has 152 valence electrons. The lowest BCUT2D eigenvalue weighted by molar-refractivity contribution is -0.380. The van der Waals surface area contributed by atoms with Crippen molar-refractivity contribution in [2.45, 2.75) is 13.5 Å². The normalized spacial score (nSPS) is 12.1. The van der Waals surface area contributed by atoms with Crippen LogP contribution in [0.4, 0.5) is 5.00 Å².